The number of hydrogen-bond acceptors (Lipinski definition) is 4. The van der Waals surface area contributed by atoms with E-state index in [1.165, 1.54) is 12.3 Å². The van der Waals surface area contributed by atoms with E-state index in [4.69, 9.17) is 10.8 Å². The van der Waals surface area contributed by atoms with Crippen molar-refractivity contribution in [2.75, 3.05) is 6.54 Å². The van der Waals surface area contributed by atoms with E-state index in [0.717, 1.165) is 0 Å². The first-order valence-electron chi connectivity index (χ1n) is 4.54. The number of aromatic nitrogens is 1. The lowest BCUT2D eigenvalue weighted by Crippen LogP contribution is -2.21. The van der Waals surface area contributed by atoms with Crippen molar-refractivity contribution in [2.45, 2.75) is 18.6 Å². The maximum Gasteiger partial charge on any atom is 0.352 e. The molecule has 0 fully saturated rings. The average Bonchev–Trinajstić information content (AvgIpc) is 2.65. The molecule has 6 heteroatoms. The van der Waals surface area contributed by atoms with Crippen molar-refractivity contribution in [1.82, 2.24) is 4.98 Å². The van der Waals surface area contributed by atoms with E-state index in [2.05, 4.69) is 4.98 Å². The van der Waals surface area contributed by atoms with Crippen LogP contribution in [-0.4, -0.2) is 38.9 Å². The Balaban J connectivity index is 2.73. The van der Waals surface area contributed by atoms with Crippen molar-refractivity contribution >= 4 is 5.97 Å². The molecule has 1 aromatic heterocycles. The van der Waals surface area contributed by atoms with E-state index in [-0.39, 0.29) is 18.7 Å². The summed E-state index contributed by atoms with van der Waals surface area (Å²) in [5, 5.41) is 27.7. The second-order valence-corrected chi connectivity index (χ2v) is 3.24. The highest BCUT2D eigenvalue weighted by Crippen LogP contribution is 2.19. The Labute approximate surface area is 86.3 Å². The number of nitrogens with two attached hydrogens (primary N) is 1. The monoisotopic (exact) mass is 214 g/mol. The van der Waals surface area contributed by atoms with Crippen molar-refractivity contribution in [3.8, 4) is 0 Å². The largest absolute Gasteiger partial charge is 0.477 e. The Kier molecular flexibility index (Phi) is 3.84. The van der Waals surface area contributed by atoms with E-state index in [0.29, 0.717) is 5.56 Å². The maximum absolute atomic E-state index is 10.5. The Hall–Kier alpha value is -1.37. The molecule has 1 aromatic rings. The number of carbonyl (C=O) groups is 1. The molecule has 15 heavy (non-hydrogen) atoms. The fraction of sp³-hybridized carbons (Fsp3) is 0.444. The van der Waals surface area contributed by atoms with Crippen LogP contribution in [0.2, 0.25) is 0 Å². The summed E-state index contributed by atoms with van der Waals surface area (Å²) in [6.07, 6.45) is -0.479. The minimum Gasteiger partial charge on any atom is -0.477 e. The second kappa shape index (κ2) is 4.92. The van der Waals surface area contributed by atoms with Gasteiger partial charge in [-0.2, -0.15) is 0 Å². The van der Waals surface area contributed by atoms with Crippen LogP contribution in [0.15, 0.2) is 12.3 Å². The fourth-order valence-electron chi connectivity index (χ4n) is 1.26. The van der Waals surface area contributed by atoms with Crippen molar-refractivity contribution in [3.05, 3.63) is 23.5 Å². The molecule has 2 unspecified atom stereocenters. The number of carboxylic acids is 1. The molecule has 0 radical (unpaired) electrons. The molecule has 0 bridgehead atoms. The van der Waals surface area contributed by atoms with Crippen LogP contribution in [-0.2, 0) is 0 Å². The Morgan fingerprint density at radius 2 is 2.20 bits per heavy atom. The van der Waals surface area contributed by atoms with Gasteiger partial charge in [-0.25, -0.2) is 4.79 Å². The highest BCUT2D eigenvalue weighted by molar-refractivity contribution is 5.85. The third-order valence-corrected chi connectivity index (χ3v) is 2.10. The molecule has 1 heterocycles. The Bertz CT molecular complexity index is 337. The predicted octanol–water partition coefficient (Wildman–Crippen LogP) is -0.544. The quantitative estimate of drug-likeness (QED) is 0.450. The van der Waals surface area contributed by atoms with Crippen LogP contribution in [0, 0.1) is 0 Å². The molecule has 0 saturated heterocycles. The summed E-state index contributed by atoms with van der Waals surface area (Å²) < 4.78 is 0. The summed E-state index contributed by atoms with van der Waals surface area (Å²) in [6, 6.07) is 1.28. The van der Waals surface area contributed by atoms with Crippen LogP contribution in [0.4, 0.5) is 0 Å². The fourth-order valence-corrected chi connectivity index (χ4v) is 1.26. The van der Waals surface area contributed by atoms with Gasteiger partial charge in [0, 0.05) is 11.8 Å². The van der Waals surface area contributed by atoms with E-state index in [9.17, 15) is 15.0 Å². The molecular formula is C9H14N2O4. The Morgan fingerprint density at radius 3 is 2.67 bits per heavy atom. The van der Waals surface area contributed by atoms with Crippen LogP contribution in [0.1, 0.15) is 28.6 Å². The number of aromatic carboxylic acids is 1. The average molecular weight is 214 g/mol. The number of rotatable bonds is 5. The first-order valence-corrected chi connectivity index (χ1v) is 4.54. The van der Waals surface area contributed by atoms with Crippen LogP contribution in [0.3, 0.4) is 0 Å². The molecule has 1 rings (SSSR count). The van der Waals surface area contributed by atoms with Gasteiger partial charge in [-0.1, -0.05) is 0 Å². The van der Waals surface area contributed by atoms with E-state index < -0.39 is 18.2 Å². The third kappa shape index (κ3) is 2.79. The summed E-state index contributed by atoms with van der Waals surface area (Å²) in [4.78, 5) is 13.0. The van der Waals surface area contributed by atoms with Gasteiger partial charge in [0.15, 0.2) is 0 Å². The molecule has 84 valence electrons. The molecule has 0 aliphatic heterocycles. The standard InChI is InChI=1S/C9H14N2O4/c10-2-1-7(12)8(13)5-3-6(9(14)15)11-4-5/h3-4,7-8,11-13H,1-2,10H2,(H,14,15). The predicted molar refractivity (Wildman–Crippen MR) is 52.4 cm³/mol. The zero-order valence-electron chi connectivity index (χ0n) is 8.05. The third-order valence-electron chi connectivity index (χ3n) is 2.10. The lowest BCUT2D eigenvalue weighted by Gasteiger charge is -2.15. The van der Waals surface area contributed by atoms with Crippen molar-refractivity contribution in [3.63, 3.8) is 0 Å². The second-order valence-electron chi connectivity index (χ2n) is 3.24. The summed E-state index contributed by atoms with van der Waals surface area (Å²) in [6.45, 7) is 0.258. The van der Waals surface area contributed by atoms with Gasteiger partial charge in [0.05, 0.1) is 6.10 Å². The van der Waals surface area contributed by atoms with Gasteiger partial charge in [-0.05, 0) is 19.0 Å². The zero-order valence-corrected chi connectivity index (χ0v) is 8.05. The molecule has 0 spiro atoms. The normalized spacial score (nSPS) is 14.9. The van der Waals surface area contributed by atoms with Gasteiger partial charge in [0.2, 0.25) is 0 Å². The molecule has 6 N–H and O–H groups in total. The molecule has 0 amide bonds. The first kappa shape index (κ1) is 11.7. The summed E-state index contributed by atoms with van der Waals surface area (Å²) in [5.41, 5.74) is 5.54. The smallest absolute Gasteiger partial charge is 0.352 e. The number of H-pyrrole nitrogens is 1. The van der Waals surface area contributed by atoms with Gasteiger partial charge in [0.1, 0.15) is 11.8 Å². The van der Waals surface area contributed by atoms with Gasteiger partial charge in [0.25, 0.3) is 0 Å². The van der Waals surface area contributed by atoms with E-state index in [1.54, 1.807) is 0 Å². The lowest BCUT2D eigenvalue weighted by molar-refractivity contribution is 0.0151. The van der Waals surface area contributed by atoms with Crippen molar-refractivity contribution in [1.29, 1.82) is 0 Å². The summed E-state index contributed by atoms with van der Waals surface area (Å²) in [7, 11) is 0. The number of nitrogens with one attached hydrogen (secondary N) is 1. The molecular weight excluding hydrogens is 200 g/mol. The molecule has 0 saturated carbocycles. The number of carboxylic acid groups (broad SMARTS) is 1. The van der Waals surface area contributed by atoms with E-state index in [1.807, 2.05) is 0 Å². The highest BCUT2D eigenvalue weighted by atomic mass is 16.4. The van der Waals surface area contributed by atoms with Gasteiger partial charge >= 0.3 is 5.97 Å². The van der Waals surface area contributed by atoms with Crippen molar-refractivity contribution < 1.29 is 20.1 Å². The number of aliphatic hydroxyl groups excluding tert-OH is 2. The molecule has 0 aromatic carbocycles. The van der Waals surface area contributed by atoms with Gasteiger partial charge in [-0.15, -0.1) is 0 Å². The van der Waals surface area contributed by atoms with Crippen LogP contribution in [0.25, 0.3) is 0 Å². The van der Waals surface area contributed by atoms with Crippen LogP contribution < -0.4 is 5.73 Å². The number of hydrogen-bond donors (Lipinski definition) is 5. The summed E-state index contributed by atoms with van der Waals surface area (Å²) >= 11 is 0. The lowest BCUT2D eigenvalue weighted by atomic mass is 10.1. The molecule has 2 atom stereocenters. The van der Waals surface area contributed by atoms with Crippen LogP contribution >= 0.6 is 0 Å². The highest BCUT2D eigenvalue weighted by Gasteiger charge is 2.19. The molecule has 6 nitrogen and oxygen atoms in total. The zero-order chi connectivity index (χ0) is 11.4. The van der Waals surface area contributed by atoms with E-state index >= 15 is 0 Å². The maximum atomic E-state index is 10.5. The van der Waals surface area contributed by atoms with Crippen LogP contribution in [0.5, 0.6) is 0 Å². The topological polar surface area (TPSA) is 120 Å². The minimum absolute atomic E-state index is 0.0241. The molecule has 0 aliphatic carbocycles. The van der Waals surface area contributed by atoms with Crippen molar-refractivity contribution in [2.24, 2.45) is 5.73 Å². The first-order chi connectivity index (χ1) is 7.06. The Morgan fingerprint density at radius 1 is 1.53 bits per heavy atom. The number of aromatic amines is 1. The minimum atomic E-state index is -1.11. The van der Waals surface area contributed by atoms with Gasteiger partial charge < -0.3 is 26.0 Å². The SMILES string of the molecule is NCCC(O)C(O)c1c[nH]c(C(=O)O)c1. The summed E-state index contributed by atoms with van der Waals surface area (Å²) in [5.74, 6) is -1.11. The number of aliphatic hydroxyl groups is 2. The molecule has 0 aliphatic rings. The van der Waals surface area contributed by atoms with Gasteiger partial charge in [-0.3, -0.25) is 0 Å².